The molecule has 20 heavy (non-hydrogen) atoms. The van der Waals surface area contributed by atoms with Crippen molar-refractivity contribution in [2.24, 2.45) is 0 Å². The second-order valence-corrected chi connectivity index (χ2v) is 5.35. The lowest BCUT2D eigenvalue weighted by Gasteiger charge is -2.06. The van der Waals surface area contributed by atoms with Crippen molar-refractivity contribution in [3.63, 3.8) is 0 Å². The van der Waals surface area contributed by atoms with E-state index in [1.54, 1.807) is 22.6 Å². The van der Waals surface area contributed by atoms with Gasteiger partial charge in [0.25, 0.3) is 0 Å². The van der Waals surface area contributed by atoms with Gasteiger partial charge in [0.2, 0.25) is 0 Å². The molecule has 0 bridgehead atoms. The summed E-state index contributed by atoms with van der Waals surface area (Å²) >= 11 is 7.16. The highest BCUT2D eigenvalue weighted by Crippen LogP contribution is 2.32. The third-order valence-corrected chi connectivity index (χ3v) is 4.01. The van der Waals surface area contributed by atoms with Crippen LogP contribution in [-0.4, -0.2) is 25.7 Å². The summed E-state index contributed by atoms with van der Waals surface area (Å²) in [5.41, 5.74) is 0.778. The normalized spacial score (nSPS) is 10.8. The molecule has 100 valence electrons. The topological polar surface area (TPSA) is 67.5 Å². The lowest BCUT2D eigenvalue weighted by Crippen LogP contribution is -2.00. The maximum absolute atomic E-state index is 11.3. The predicted molar refractivity (Wildman–Crippen MR) is 75.5 cm³/mol. The first-order chi connectivity index (χ1) is 9.66. The third kappa shape index (κ3) is 2.23. The minimum absolute atomic E-state index is 0.0758. The van der Waals surface area contributed by atoms with E-state index in [1.807, 2.05) is 24.4 Å². The number of pyridine rings is 1. The zero-order valence-electron chi connectivity index (χ0n) is 10.0. The fourth-order valence-corrected chi connectivity index (χ4v) is 3.07. The number of carboxylic acids is 1. The lowest BCUT2D eigenvalue weighted by molar-refractivity contribution is 0.0693. The standard InChI is InChI=1S/C13H8ClN3O2S/c14-8-4-3-5-9(11(8)12(18)19)20-13-16-15-10-6-1-2-7-17(10)13/h1-7H,(H,18,19). The van der Waals surface area contributed by atoms with Crippen LogP contribution in [0, 0.1) is 0 Å². The number of aromatic nitrogens is 3. The van der Waals surface area contributed by atoms with Crippen molar-refractivity contribution < 1.29 is 9.90 Å². The monoisotopic (exact) mass is 305 g/mol. The van der Waals surface area contributed by atoms with E-state index in [4.69, 9.17) is 11.6 Å². The summed E-state index contributed by atoms with van der Waals surface area (Å²) in [7, 11) is 0. The maximum Gasteiger partial charge on any atom is 0.338 e. The largest absolute Gasteiger partial charge is 0.478 e. The van der Waals surface area contributed by atoms with Crippen LogP contribution in [0.1, 0.15) is 10.4 Å². The molecule has 0 aliphatic heterocycles. The van der Waals surface area contributed by atoms with Gasteiger partial charge in [0, 0.05) is 11.1 Å². The van der Waals surface area contributed by atoms with Gasteiger partial charge in [-0.25, -0.2) is 4.79 Å². The first kappa shape index (κ1) is 13.0. The molecule has 0 atom stereocenters. The Morgan fingerprint density at radius 3 is 2.85 bits per heavy atom. The molecule has 0 saturated carbocycles. The van der Waals surface area contributed by atoms with Crippen molar-refractivity contribution in [1.82, 2.24) is 14.6 Å². The smallest absolute Gasteiger partial charge is 0.338 e. The van der Waals surface area contributed by atoms with E-state index in [0.717, 1.165) is 0 Å². The van der Waals surface area contributed by atoms with Crippen molar-refractivity contribution in [3.8, 4) is 0 Å². The van der Waals surface area contributed by atoms with Gasteiger partial charge in [-0.05, 0) is 36.0 Å². The molecular formula is C13H8ClN3O2S. The highest BCUT2D eigenvalue weighted by molar-refractivity contribution is 7.99. The molecule has 2 heterocycles. The Balaban J connectivity index is 2.08. The Morgan fingerprint density at radius 1 is 1.20 bits per heavy atom. The van der Waals surface area contributed by atoms with Gasteiger partial charge in [-0.1, -0.05) is 23.7 Å². The summed E-state index contributed by atoms with van der Waals surface area (Å²) in [5, 5.41) is 18.1. The van der Waals surface area contributed by atoms with Crippen molar-refractivity contribution in [2.45, 2.75) is 10.1 Å². The minimum atomic E-state index is -1.06. The summed E-state index contributed by atoms with van der Waals surface area (Å²) in [6.07, 6.45) is 1.82. The number of aromatic carboxylic acids is 1. The van der Waals surface area contributed by atoms with Crippen LogP contribution in [0.25, 0.3) is 5.65 Å². The molecule has 0 saturated heterocycles. The van der Waals surface area contributed by atoms with Gasteiger partial charge >= 0.3 is 5.97 Å². The molecule has 0 amide bonds. The summed E-state index contributed by atoms with van der Waals surface area (Å²) in [5.74, 6) is -1.06. The summed E-state index contributed by atoms with van der Waals surface area (Å²) < 4.78 is 1.79. The first-order valence-electron chi connectivity index (χ1n) is 5.66. The highest BCUT2D eigenvalue weighted by Gasteiger charge is 2.17. The molecule has 3 rings (SSSR count). The third-order valence-electron chi connectivity index (χ3n) is 2.67. The number of carbonyl (C=O) groups is 1. The van der Waals surface area contributed by atoms with Crippen LogP contribution in [0.2, 0.25) is 5.02 Å². The molecule has 5 nitrogen and oxygen atoms in total. The van der Waals surface area contributed by atoms with Gasteiger partial charge in [-0.15, -0.1) is 10.2 Å². The number of carboxylic acid groups (broad SMARTS) is 1. The van der Waals surface area contributed by atoms with Gasteiger partial charge in [0.15, 0.2) is 10.8 Å². The van der Waals surface area contributed by atoms with Crippen molar-refractivity contribution in [1.29, 1.82) is 0 Å². The molecule has 2 aromatic heterocycles. The van der Waals surface area contributed by atoms with Gasteiger partial charge in [-0.2, -0.15) is 0 Å². The average Bonchev–Trinajstić information content (AvgIpc) is 2.82. The second kappa shape index (κ2) is 5.15. The molecule has 0 unspecified atom stereocenters. The fourth-order valence-electron chi connectivity index (χ4n) is 1.78. The van der Waals surface area contributed by atoms with Crippen LogP contribution in [0.15, 0.2) is 52.6 Å². The van der Waals surface area contributed by atoms with Gasteiger partial charge in [0.1, 0.15) is 0 Å². The van der Waals surface area contributed by atoms with E-state index in [0.29, 0.717) is 15.7 Å². The lowest BCUT2D eigenvalue weighted by atomic mass is 10.2. The number of benzene rings is 1. The molecule has 0 fully saturated rings. The number of nitrogens with zero attached hydrogens (tertiary/aromatic N) is 3. The van der Waals surface area contributed by atoms with Crippen LogP contribution in [0.5, 0.6) is 0 Å². The molecule has 0 aliphatic rings. The fraction of sp³-hybridized carbons (Fsp3) is 0. The highest BCUT2D eigenvalue weighted by atomic mass is 35.5. The van der Waals surface area contributed by atoms with E-state index in [1.165, 1.54) is 11.8 Å². The van der Waals surface area contributed by atoms with Crippen molar-refractivity contribution >= 4 is 35.0 Å². The molecule has 0 spiro atoms. The molecule has 7 heteroatoms. The minimum Gasteiger partial charge on any atom is -0.478 e. The molecule has 0 radical (unpaired) electrons. The Kier molecular flexibility index (Phi) is 3.33. The van der Waals surface area contributed by atoms with E-state index in [9.17, 15) is 9.90 Å². The van der Waals surface area contributed by atoms with E-state index in [-0.39, 0.29) is 10.6 Å². The average molecular weight is 306 g/mol. The first-order valence-corrected chi connectivity index (χ1v) is 6.85. The Morgan fingerprint density at radius 2 is 2.05 bits per heavy atom. The molecule has 1 N–H and O–H groups in total. The van der Waals surface area contributed by atoms with Crippen LogP contribution in [0.3, 0.4) is 0 Å². The second-order valence-electron chi connectivity index (χ2n) is 3.93. The number of hydrogen-bond donors (Lipinski definition) is 1. The number of halogens is 1. The summed E-state index contributed by atoms with van der Waals surface area (Å²) in [6, 6.07) is 10.5. The summed E-state index contributed by atoms with van der Waals surface area (Å²) in [6.45, 7) is 0. The Labute approximate surface area is 123 Å². The van der Waals surface area contributed by atoms with Gasteiger partial charge in [-0.3, -0.25) is 4.40 Å². The van der Waals surface area contributed by atoms with Gasteiger partial charge < -0.3 is 5.11 Å². The maximum atomic E-state index is 11.3. The van der Waals surface area contributed by atoms with E-state index >= 15 is 0 Å². The van der Waals surface area contributed by atoms with Crippen molar-refractivity contribution in [2.75, 3.05) is 0 Å². The number of rotatable bonds is 3. The van der Waals surface area contributed by atoms with Gasteiger partial charge in [0.05, 0.1) is 10.6 Å². The van der Waals surface area contributed by atoms with E-state index in [2.05, 4.69) is 10.2 Å². The number of fused-ring (bicyclic) bond motifs is 1. The van der Waals surface area contributed by atoms with Crippen LogP contribution >= 0.6 is 23.4 Å². The SMILES string of the molecule is O=C(O)c1c(Cl)cccc1Sc1nnc2ccccn12. The Hall–Kier alpha value is -2.05. The molecule has 1 aromatic carbocycles. The van der Waals surface area contributed by atoms with Crippen LogP contribution < -0.4 is 0 Å². The van der Waals surface area contributed by atoms with Crippen LogP contribution in [-0.2, 0) is 0 Å². The zero-order valence-corrected chi connectivity index (χ0v) is 11.6. The molecule has 3 aromatic rings. The number of hydrogen-bond acceptors (Lipinski definition) is 4. The summed E-state index contributed by atoms with van der Waals surface area (Å²) in [4.78, 5) is 11.8. The quantitative estimate of drug-likeness (QED) is 0.804. The van der Waals surface area contributed by atoms with Crippen LogP contribution in [0.4, 0.5) is 0 Å². The molecule has 0 aliphatic carbocycles. The molecular weight excluding hydrogens is 298 g/mol. The van der Waals surface area contributed by atoms with Crippen molar-refractivity contribution in [3.05, 3.63) is 53.2 Å². The Bertz CT molecular complexity index is 803. The predicted octanol–water partition coefficient (Wildman–Crippen LogP) is 3.23. The zero-order chi connectivity index (χ0) is 14.1. The van der Waals surface area contributed by atoms with E-state index < -0.39 is 5.97 Å².